The lowest BCUT2D eigenvalue weighted by Crippen LogP contribution is -1.95. The fourth-order valence-corrected chi connectivity index (χ4v) is 2.04. The molecule has 0 unspecified atom stereocenters. The molecule has 74 valence electrons. The SMILES string of the molecule is O=S(=O)(Cl)c1ccc2[nH]cnc2c1F. The fourth-order valence-electron chi connectivity index (χ4n) is 1.14. The Bertz CT molecular complexity index is 593. The summed E-state index contributed by atoms with van der Waals surface area (Å²) in [6, 6.07) is 2.50. The molecule has 1 aromatic heterocycles. The number of nitrogens with one attached hydrogen (secondary N) is 1. The van der Waals surface area contributed by atoms with Crippen LogP contribution in [0.2, 0.25) is 0 Å². The van der Waals surface area contributed by atoms with E-state index in [1.54, 1.807) is 0 Å². The Morgan fingerprint density at radius 3 is 2.79 bits per heavy atom. The zero-order valence-electron chi connectivity index (χ0n) is 6.66. The van der Waals surface area contributed by atoms with Gasteiger partial charge in [-0.2, -0.15) is 0 Å². The van der Waals surface area contributed by atoms with Crippen LogP contribution in [0, 0.1) is 5.82 Å². The molecule has 14 heavy (non-hydrogen) atoms. The standard InChI is InChI=1S/C7H4ClFN2O2S/c8-14(12,13)5-2-1-4-7(6(5)9)11-3-10-4/h1-3H,(H,10,11). The van der Waals surface area contributed by atoms with Crippen LogP contribution in [-0.2, 0) is 9.05 Å². The van der Waals surface area contributed by atoms with Crippen LogP contribution in [0.25, 0.3) is 11.0 Å². The first-order chi connectivity index (χ1) is 6.50. The van der Waals surface area contributed by atoms with Crippen LogP contribution in [0.5, 0.6) is 0 Å². The van der Waals surface area contributed by atoms with E-state index in [0.29, 0.717) is 5.52 Å². The fraction of sp³-hybridized carbons (Fsp3) is 0. The number of hydrogen-bond acceptors (Lipinski definition) is 3. The predicted octanol–water partition coefficient (Wildman–Crippen LogP) is 1.63. The number of H-pyrrole nitrogens is 1. The maximum absolute atomic E-state index is 13.5. The van der Waals surface area contributed by atoms with Gasteiger partial charge in [0.2, 0.25) is 0 Å². The van der Waals surface area contributed by atoms with Gasteiger partial charge in [-0.05, 0) is 12.1 Å². The molecule has 0 spiro atoms. The largest absolute Gasteiger partial charge is 0.345 e. The number of nitrogens with zero attached hydrogens (tertiary/aromatic N) is 1. The molecule has 0 fully saturated rings. The molecule has 0 radical (unpaired) electrons. The second-order valence-corrected chi connectivity index (χ2v) is 5.15. The zero-order valence-corrected chi connectivity index (χ0v) is 8.23. The van der Waals surface area contributed by atoms with E-state index in [9.17, 15) is 12.8 Å². The summed E-state index contributed by atoms with van der Waals surface area (Å²) >= 11 is 0. The van der Waals surface area contributed by atoms with Crippen molar-refractivity contribution >= 4 is 30.8 Å². The van der Waals surface area contributed by atoms with Gasteiger partial charge in [0.15, 0.2) is 5.82 Å². The Labute approximate surface area is 83.1 Å². The van der Waals surface area contributed by atoms with Crippen molar-refractivity contribution in [3.63, 3.8) is 0 Å². The number of fused-ring (bicyclic) bond motifs is 1. The highest BCUT2D eigenvalue weighted by atomic mass is 35.7. The third-order valence-electron chi connectivity index (χ3n) is 1.76. The van der Waals surface area contributed by atoms with Crippen LogP contribution >= 0.6 is 10.7 Å². The van der Waals surface area contributed by atoms with E-state index < -0.39 is 19.8 Å². The van der Waals surface area contributed by atoms with Crippen LogP contribution in [-0.4, -0.2) is 18.4 Å². The number of imidazole rings is 1. The molecule has 4 nitrogen and oxygen atoms in total. The van der Waals surface area contributed by atoms with Crippen molar-refractivity contribution in [1.29, 1.82) is 0 Å². The summed E-state index contributed by atoms with van der Waals surface area (Å²) in [6.45, 7) is 0. The molecule has 2 aromatic rings. The highest BCUT2D eigenvalue weighted by molar-refractivity contribution is 8.13. The normalized spacial score (nSPS) is 12.1. The Kier molecular flexibility index (Phi) is 1.97. The summed E-state index contributed by atoms with van der Waals surface area (Å²) in [6.07, 6.45) is 1.28. The molecule has 1 N–H and O–H groups in total. The van der Waals surface area contributed by atoms with E-state index in [4.69, 9.17) is 10.7 Å². The van der Waals surface area contributed by atoms with Crippen LogP contribution in [0.3, 0.4) is 0 Å². The minimum atomic E-state index is -4.06. The number of aromatic amines is 1. The van der Waals surface area contributed by atoms with E-state index in [1.165, 1.54) is 12.4 Å². The number of hydrogen-bond donors (Lipinski definition) is 1. The summed E-state index contributed by atoms with van der Waals surface area (Å²) in [5.74, 6) is -0.932. The maximum Gasteiger partial charge on any atom is 0.264 e. The third-order valence-corrected chi connectivity index (χ3v) is 3.10. The van der Waals surface area contributed by atoms with Crippen molar-refractivity contribution in [1.82, 2.24) is 9.97 Å². The highest BCUT2D eigenvalue weighted by Gasteiger charge is 2.19. The minimum absolute atomic E-state index is 0.0354. The topological polar surface area (TPSA) is 62.8 Å². The van der Waals surface area contributed by atoms with Gasteiger partial charge < -0.3 is 4.98 Å². The number of rotatable bonds is 1. The molecule has 0 aliphatic rings. The van der Waals surface area contributed by atoms with E-state index in [0.717, 1.165) is 6.07 Å². The number of benzene rings is 1. The summed E-state index contributed by atoms with van der Waals surface area (Å²) in [4.78, 5) is 5.73. The molecule has 7 heteroatoms. The molecule has 2 rings (SSSR count). The molecule has 1 heterocycles. The van der Waals surface area contributed by atoms with Gasteiger partial charge in [0.1, 0.15) is 10.4 Å². The summed E-state index contributed by atoms with van der Waals surface area (Å²) in [5.41, 5.74) is 0.387. The van der Waals surface area contributed by atoms with Gasteiger partial charge in [0.05, 0.1) is 11.8 Å². The van der Waals surface area contributed by atoms with Gasteiger partial charge in [0, 0.05) is 10.7 Å². The number of halogens is 2. The van der Waals surface area contributed by atoms with Gasteiger partial charge in [-0.3, -0.25) is 0 Å². The second-order valence-electron chi connectivity index (χ2n) is 2.61. The smallest absolute Gasteiger partial charge is 0.264 e. The molecule has 0 atom stereocenters. The molecule has 0 aliphatic carbocycles. The lowest BCUT2D eigenvalue weighted by molar-refractivity contribution is 0.581. The summed E-state index contributed by atoms with van der Waals surface area (Å²) < 4.78 is 35.3. The van der Waals surface area contributed by atoms with Gasteiger partial charge >= 0.3 is 0 Å². The van der Waals surface area contributed by atoms with E-state index in [2.05, 4.69) is 9.97 Å². The van der Waals surface area contributed by atoms with Crippen molar-refractivity contribution in [2.45, 2.75) is 4.90 Å². The van der Waals surface area contributed by atoms with Crippen molar-refractivity contribution < 1.29 is 12.8 Å². The molecular formula is C7H4ClFN2O2S. The first-order valence-electron chi connectivity index (χ1n) is 3.56. The van der Waals surface area contributed by atoms with Gasteiger partial charge in [0.25, 0.3) is 9.05 Å². The lowest BCUT2D eigenvalue weighted by Gasteiger charge is -1.98. The lowest BCUT2D eigenvalue weighted by atomic mass is 10.3. The van der Waals surface area contributed by atoms with E-state index in [-0.39, 0.29) is 5.52 Å². The van der Waals surface area contributed by atoms with Crippen LogP contribution in [0.4, 0.5) is 4.39 Å². The predicted molar refractivity (Wildman–Crippen MR) is 49.1 cm³/mol. The minimum Gasteiger partial charge on any atom is -0.345 e. The van der Waals surface area contributed by atoms with Crippen molar-refractivity contribution in [2.24, 2.45) is 0 Å². The Morgan fingerprint density at radius 1 is 1.43 bits per heavy atom. The third kappa shape index (κ3) is 1.36. The zero-order chi connectivity index (χ0) is 10.3. The van der Waals surface area contributed by atoms with Gasteiger partial charge in [-0.15, -0.1) is 0 Å². The second kappa shape index (κ2) is 2.93. The average molecular weight is 235 g/mol. The Hall–Kier alpha value is -1.14. The molecule has 0 bridgehead atoms. The van der Waals surface area contributed by atoms with Crippen LogP contribution in [0.15, 0.2) is 23.4 Å². The molecule has 0 saturated carbocycles. The maximum atomic E-state index is 13.5. The van der Waals surface area contributed by atoms with Crippen molar-refractivity contribution in [3.8, 4) is 0 Å². The Morgan fingerprint density at radius 2 is 2.14 bits per heavy atom. The van der Waals surface area contributed by atoms with Gasteiger partial charge in [-0.1, -0.05) is 0 Å². The number of aromatic nitrogens is 2. The van der Waals surface area contributed by atoms with Gasteiger partial charge in [-0.25, -0.2) is 17.8 Å². The monoisotopic (exact) mass is 234 g/mol. The summed E-state index contributed by atoms with van der Waals surface area (Å²) in [7, 11) is 0.966. The highest BCUT2D eigenvalue weighted by Crippen LogP contribution is 2.24. The Balaban J connectivity index is 2.88. The molecule has 1 aromatic carbocycles. The first kappa shape index (κ1) is 9.42. The van der Waals surface area contributed by atoms with Crippen molar-refractivity contribution in [3.05, 3.63) is 24.3 Å². The molecule has 0 aliphatic heterocycles. The molecule has 0 saturated heterocycles. The summed E-state index contributed by atoms with van der Waals surface area (Å²) in [5, 5.41) is 0. The first-order valence-corrected chi connectivity index (χ1v) is 5.87. The van der Waals surface area contributed by atoms with E-state index in [1.807, 2.05) is 0 Å². The van der Waals surface area contributed by atoms with Crippen molar-refractivity contribution in [2.75, 3.05) is 0 Å². The quantitative estimate of drug-likeness (QED) is 0.763. The average Bonchev–Trinajstić information content (AvgIpc) is 2.50. The van der Waals surface area contributed by atoms with Crippen LogP contribution < -0.4 is 0 Å². The molecule has 0 amide bonds. The molecular weight excluding hydrogens is 231 g/mol. The van der Waals surface area contributed by atoms with Crippen LogP contribution in [0.1, 0.15) is 0 Å². The van der Waals surface area contributed by atoms with E-state index >= 15 is 0 Å².